The minimum Gasteiger partial charge on any atom is -0.504 e. The maximum Gasteiger partial charge on any atom is 0.282 e. The molecular weight excluding hydrogens is 293 g/mol. The summed E-state index contributed by atoms with van der Waals surface area (Å²) in [5.41, 5.74) is 2.94. The molecule has 0 aliphatic carbocycles. The van der Waals surface area contributed by atoms with Crippen LogP contribution in [0.15, 0.2) is 41.5 Å². The molecule has 0 radical (unpaired) electrons. The van der Waals surface area contributed by atoms with E-state index in [9.17, 15) is 19.6 Å². The van der Waals surface area contributed by atoms with E-state index in [4.69, 9.17) is 4.74 Å². The van der Waals surface area contributed by atoms with Gasteiger partial charge in [0.1, 0.15) is 5.82 Å². The average Bonchev–Trinajstić information content (AvgIpc) is 2.49. The van der Waals surface area contributed by atoms with E-state index in [2.05, 4.69) is 10.5 Å². The normalized spacial score (nSPS) is 10.6. The lowest BCUT2D eigenvalue weighted by Crippen LogP contribution is -1.98. The zero-order chi connectivity index (χ0) is 16.1. The highest BCUT2D eigenvalue weighted by Gasteiger charge is 2.17. The number of nitrogens with one attached hydrogen (secondary N) is 1. The van der Waals surface area contributed by atoms with Crippen LogP contribution in [0.25, 0.3) is 0 Å². The highest BCUT2D eigenvalue weighted by atomic mass is 19.1. The van der Waals surface area contributed by atoms with Gasteiger partial charge in [0.15, 0.2) is 11.5 Å². The molecule has 114 valence electrons. The molecule has 0 aliphatic heterocycles. The fraction of sp³-hybridized carbons (Fsp3) is 0.0714. The first-order valence-corrected chi connectivity index (χ1v) is 6.11. The van der Waals surface area contributed by atoms with Crippen molar-refractivity contribution in [1.29, 1.82) is 0 Å². The third kappa shape index (κ3) is 3.48. The number of nitro groups is 1. The smallest absolute Gasteiger partial charge is 0.282 e. The number of phenols is 1. The molecule has 0 atom stereocenters. The van der Waals surface area contributed by atoms with Gasteiger partial charge in [-0.05, 0) is 30.3 Å². The second-order valence-corrected chi connectivity index (χ2v) is 4.22. The number of benzene rings is 2. The second-order valence-electron chi connectivity index (χ2n) is 4.22. The van der Waals surface area contributed by atoms with E-state index in [1.807, 2.05) is 0 Å². The number of hydrazone groups is 1. The Morgan fingerprint density at radius 1 is 1.36 bits per heavy atom. The molecule has 2 aromatic rings. The van der Waals surface area contributed by atoms with Crippen LogP contribution >= 0.6 is 0 Å². The molecule has 8 heteroatoms. The number of methoxy groups -OCH3 is 1. The van der Waals surface area contributed by atoms with Crippen LogP contribution in [0.2, 0.25) is 0 Å². The standard InChI is InChI=1S/C14H12FN3O4/c1-22-14-7-12(18(20)21)9(6-13(14)19)8-16-17-11-4-2-10(15)3-5-11/h2-8,17,19H,1H3. The lowest BCUT2D eigenvalue weighted by molar-refractivity contribution is -0.385. The SMILES string of the molecule is COc1cc([N+](=O)[O-])c(C=NNc2ccc(F)cc2)cc1O. The van der Waals surface area contributed by atoms with Crippen LogP contribution in [-0.2, 0) is 0 Å². The Bertz CT molecular complexity index is 717. The van der Waals surface area contributed by atoms with Crippen molar-refractivity contribution in [3.8, 4) is 11.5 Å². The Balaban J connectivity index is 2.24. The van der Waals surface area contributed by atoms with Crippen molar-refractivity contribution in [1.82, 2.24) is 0 Å². The molecule has 0 aliphatic rings. The topological polar surface area (TPSA) is 97.0 Å². The van der Waals surface area contributed by atoms with E-state index in [0.29, 0.717) is 5.69 Å². The fourth-order valence-corrected chi connectivity index (χ4v) is 1.70. The van der Waals surface area contributed by atoms with Crippen molar-refractivity contribution < 1.29 is 19.2 Å². The summed E-state index contributed by atoms with van der Waals surface area (Å²) >= 11 is 0. The van der Waals surface area contributed by atoms with E-state index in [1.54, 1.807) is 0 Å². The molecule has 0 saturated carbocycles. The van der Waals surface area contributed by atoms with Crippen molar-refractivity contribution in [3.63, 3.8) is 0 Å². The second kappa shape index (κ2) is 6.53. The predicted octanol–water partition coefficient (Wildman–Crippen LogP) is 2.89. The lowest BCUT2D eigenvalue weighted by atomic mass is 10.1. The molecule has 2 rings (SSSR count). The molecule has 0 aromatic heterocycles. The van der Waals surface area contributed by atoms with Gasteiger partial charge in [-0.1, -0.05) is 0 Å². The average molecular weight is 305 g/mol. The summed E-state index contributed by atoms with van der Waals surface area (Å²) in [6, 6.07) is 7.71. The molecule has 22 heavy (non-hydrogen) atoms. The number of hydrogen-bond donors (Lipinski definition) is 2. The van der Waals surface area contributed by atoms with Crippen LogP contribution in [0.5, 0.6) is 11.5 Å². The molecule has 0 fully saturated rings. The maximum absolute atomic E-state index is 12.8. The van der Waals surface area contributed by atoms with Gasteiger partial charge in [-0.3, -0.25) is 15.5 Å². The first kappa shape index (κ1) is 15.2. The van der Waals surface area contributed by atoms with Crippen molar-refractivity contribution in [3.05, 3.63) is 57.9 Å². The molecule has 0 spiro atoms. The van der Waals surface area contributed by atoms with Gasteiger partial charge < -0.3 is 9.84 Å². The van der Waals surface area contributed by atoms with E-state index >= 15 is 0 Å². The van der Waals surface area contributed by atoms with Crippen molar-refractivity contribution >= 4 is 17.6 Å². The van der Waals surface area contributed by atoms with Gasteiger partial charge in [-0.2, -0.15) is 5.10 Å². The Labute approximate surface area is 124 Å². The zero-order valence-electron chi connectivity index (χ0n) is 11.5. The Kier molecular flexibility index (Phi) is 4.52. The van der Waals surface area contributed by atoms with Gasteiger partial charge in [-0.15, -0.1) is 0 Å². The van der Waals surface area contributed by atoms with Gasteiger partial charge in [0.2, 0.25) is 0 Å². The van der Waals surface area contributed by atoms with Crippen LogP contribution in [0, 0.1) is 15.9 Å². The maximum atomic E-state index is 12.8. The number of aromatic hydroxyl groups is 1. The van der Waals surface area contributed by atoms with Crippen LogP contribution < -0.4 is 10.2 Å². The molecule has 2 N–H and O–H groups in total. The summed E-state index contributed by atoms with van der Waals surface area (Å²) in [7, 11) is 1.29. The third-order valence-corrected chi connectivity index (χ3v) is 2.77. The van der Waals surface area contributed by atoms with Gasteiger partial charge in [0.25, 0.3) is 5.69 Å². The molecular formula is C14H12FN3O4. The molecule has 0 heterocycles. The van der Waals surface area contributed by atoms with Crippen molar-refractivity contribution in [2.45, 2.75) is 0 Å². The molecule has 0 bridgehead atoms. The summed E-state index contributed by atoms with van der Waals surface area (Å²) in [5, 5.41) is 24.5. The van der Waals surface area contributed by atoms with E-state index in [1.165, 1.54) is 43.7 Å². The van der Waals surface area contributed by atoms with Gasteiger partial charge in [0, 0.05) is 0 Å². The summed E-state index contributed by atoms with van der Waals surface area (Å²) in [5.74, 6) is -0.628. The molecule has 7 nitrogen and oxygen atoms in total. The van der Waals surface area contributed by atoms with Crippen LogP contribution in [0.1, 0.15) is 5.56 Å². The summed E-state index contributed by atoms with van der Waals surface area (Å²) in [6.07, 6.45) is 1.18. The molecule has 0 unspecified atom stereocenters. The first-order chi connectivity index (χ1) is 10.5. The van der Waals surface area contributed by atoms with Crippen molar-refractivity contribution in [2.75, 3.05) is 12.5 Å². The number of phenolic OH excluding ortho intramolecular Hbond substituents is 1. The minimum absolute atomic E-state index is 0.00431. The minimum atomic E-state index is -0.610. The number of nitro benzene ring substituents is 1. The van der Waals surface area contributed by atoms with Gasteiger partial charge >= 0.3 is 0 Å². The number of anilines is 1. The number of rotatable bonds is 5. The number of ether oxygens (including phenoxy) is 1. The van der Waals surface area contributed by atoms with E-state index in [-0.39, 0.29) is 28.6 Å². The first-order valence-electron chi connectivity index (χ1n) is 6.11. The Morgan fingerprint density at radius 2 is 2.05 bits per heavy atom. The van der Waals surface area contributed by atoms with Crippen LogP contribution in [0.3, 0.4) is 0 Å². The summed E-state index contributed by atoms with van der Waals surface area (Å²) in [4.78, 5) is 10.4. The number of hydrogen-bond acceptors (Lipinski definition) is 6. The molecule has 0 amide bonds. The summed E-state index contributed by atoms with van der Waals surface area (Å²) in [6.45, 7) is 0. The predicted molar refractivity (Wildman–Crippen MR) is 78.9 cm³/mol. The largest absolute Gasteiger partial charge is 0.504 e. The van der Waals surface area contributed by atoms with Crippen LogP contribution in [-0.4, -0.2) is 23.4 Å². The van der Waals surface area contributed by atoms with E-state index in [0.717, 1.165) is 6.07 Å². The number of nitrogens with zero attached hydrogens (tertiary/aromatic N) is 2. The molecule has 2 aromatic carbocycles. The van der Waals surface area contributed by atoms with Crippen LogP contribution in [0.4, 0.5) is 15.8 Å². The quantitative estimate of drug-likeness (QED) is 0.503. The molecule has 0 saturated heterocycles. The van der Waals surface area contributed by atoms with Crippen molar-refractivity contribution in [2.24, 2.45) is 5.10 Å². The summed E-state index contributed by atoms with van der Waals surface area (Å²) < 4.78 is 17.6. The highest BCUT2D eigenvalue weighted by molar-refractivity contribution is 5.87. The highest BCUT2D eigenvalue weighted by Crippen LogP contribution is 2.32. The number of halogens is 1. The third-order valence-electron chi connectivity index (χ3n) is 2.77. The van der Waals surface area contributed by atoms with Gasteiger partial charge in [0.05, 0.1) is 35.6 Å². The zero-order valence-corrected chi connectivity index (χ0v) is 11.5. The Morgan fingerprint density at radius 3 is 2.64 bits per heavy atom. The monoisotopic (exact) mass is 305 g/mol. The lowest BCUT2D eigenvalue weighted by Gasteiger charge is -2.05. The Hall–Kier alpha value is -3.16. The van der Waals surface area contributed by atoms with Gasteiger partial charge in [-0.25, -0.2) is 4.39 Å². The fourth-order valence-electron chi connectivity index (χ4n) is 1.70. The van der Waals surface area contributed by atoms with E-state index < -0.39 is 4.92 Å².